The van der Waals surface area contributed by atoms with Gasteiger partial charge in [-0.25, -0.2) is 0 Å². The molecule has 11 atom stereocenters. The van der Waals surface area contributed by atoms with Crippen LogP contribution in [0, 0.1) is 52.3 Å². The van der Waals surface area contributed by atoms with Gasteiger partial charge in [0.05, 0.1) is 6.10 Å². The van der Waals surface area contributed by atoms with E-state index in [0.717, 1.165) is 48.9 Å². The van der Waals surface area contributed by atoms with Crippen molar-refractivity contribution in [2.24, 2.45) is 52.3 Å². The van der Waals surface area contributed by atoms with Gasteiger partial charge in [-0.15, -0.1) is 0 Å². The minimum atomic E-state index is -1.19. The molecule has 0 unspecified atom stereocenters. The second-order valence-electron chi connectivity index (χ2n) is 13.5. The number of hydrogen-bond acceptors (Lipinski definition) is 3. The third-order valence-electron chi connectivity index (χ3n) is 11.7. The third kappa shape index (κ3) is 3.55. The van der Waals surface area contributed by atoms with Gasteiger partial charge in [0.2, 0.25) is 0 Å². The van der Waals surface area contributed by atoms with Crippen LogP contribution in [0.25, 0.3) is 0 Å². The Balaban J connectivity index is 1.58. The summed E-state index contributed by atoms with van der Waals surface area (Å²) < 4.78 is 0. The fourth-order valence-corrected chi connectivity index (χ4v) is 9.14. The number of hydrogen-bond donors (Lipinski definition) is 3. The summed E-state index contributed by atoms with van der Waals surface area (Å²) in [4.78, 5) is 0. The molecule has 4 aliphatic carbocycles. The van der Waals surface area contributed by atoms with E-state index in [1.165, 1.54) is 31.3 Å². The Kier molecular flexibility index (Phi) is 6.48. The Morgan fingerprint density at radius 1 is 0.938 bits per heavy atom. The molecule has 3 heteroatoms. The maximum atomic E-state index is 11.6. The van der Waals surface area contributed by atoms with Crippen molar-refractivity contribution >= 4 is 0 Å². The first-order valence-electron chi connectivity index (χ1n) is 13.6. The summed E-state index contributed by atoms with van der Waals surface area (Å²) in [5, 5.41) is 33.1. The zero-order valence-corrected chi connectivity index (χ0v) is 21.8. The van der Waals surface area contributed by atoms with E-state index >= 15 is 0 Å². The molecule has 0 aliphatic heterocycles. The summed E-state index contributed by atoms with van der Waals surface area (Å²) in [6.07, 6.45) is 8.71. The average molecular weight is 447 g/mol. The lowest BCUT2D eigenvalue weighted by molar-refractivity contribution is -0.210. The Morgan fingerprint density at radius 3 is 2.28 bits per heavy atom. The molecule has 0 bridgehead atoms. The molecule has 0 spiro atoms. The molecule has 3 saturated carbocycles. The van der Waals surface area contributed by atoms with E-state index in [1.807, 2.05) is 6.08 Å². The van der Waals surface area contributed by atoms with E-state index in [-0.39, 0.29) is 5.41 Å². The second kappa shape index (κ2) is 8.38. The number of aliphatic hydroxyl groups is 3. The zero-order valence-electron chi connectivity index (χ0n) is 21.8. The first kappa shape index (κ1) is 24.7. The molecule has 184 valence electrons. The largest absolute Gasteiger partial charge is 0.393 e. The lowest BCUT2D eigenvalue weighted by Crippen LogP contribution is -2.65. The van der Waals surface area contributed by atoms with E-state index in [2.05, 4.69) is 48.5 Å². The Morgan fingerprint density at radius 2 is 1.62 bits per heavy atom. The van der Waals surface area contributed by atoms with Crippen molar-refractivity contribution in [3.63, 3.8) is 0 Å². The molecule has 0 aromatic rings. The maximum Gasteiger partial charge on any atom is 0.102 e. The van der Waals surface area contributed by atoms with Crippen molar-refractivity contribution in [3.8, 4) is 0 Å². The Bertz CT molecular complexity index is 730. The van der Waals surface area contributed by atoms with E-state index in [0.29, 0.717) is 23.7 Å². The number of aliphatic hydroxyl groups excluding tert-OH is 2. The van der Waals surface area contributed by atoms with E-state index in [1.54, 1.807) is 0 Å². The number of fused-ring (bicyclic) bond motifs is 5. The van der Waals surface area contributed by atoms with Gasteiger partial charge in [-0.2, -0.15) is 0 Å². The van der Waals surface area contributed by atoms with Crippen LogP contribution >= 0.6 is 0 Å². The molecule has 4 rings (SSSR count). The summed E-state index contributed by atoms with van der Waals surface area (Å²) in [6, 6.07) is 0. The zero-order chi connectivity index (χ0) is 23.6. The average Bonchev–Trinajstić information content (AvgIpc) is 3.07. The standard InChI is InChI=1S/C29H50O3/c1-17(2)20(5)18(3)14-19(4)23-8-9-24-22-15-26(31)29(32)16-21(30)10-13-28(29,7)25(22)11-12-27(23,24)6/h15,17-21,23-26,30-32H,8-14,16H2,1-7H3/t18-,19+,20+,21-,23+,24-,25-,26+,27+,28+,29-/m0/s1. The van der Waals surface area contributed by atoms with Crippen LogP contribution in [0.4, 0.5) is 0 Å². The minimum Gasteiger partial charge on any atom is -0.393 e. The molecule has 32 heavy (non-hydrogen) atoms. The first-order chi connectivity index (χ1) is 14.8. The Hall–Kier alpha value is -0.380. The molecule has 4 aliphatic rings. The molecule has 0 aromatic heterocycles. The third-order valence-corrected chi connectivity index (χ3v) is 11.7. The molecular formula is C29H50O3. The topological polar surface area (TPSA) is 60.7 Å². The van der Waals surface area contributed by atoms with Gasteiger partial charge in [-0.05, 0) is 91.8 Å². The molecule has 0 heterocycles. The summed E-state index contributed by atoms with van der Waals surface area (Å²) >= 11 is 0. The highest BCUT2D eigenvalue weighted by molar-refractivity contribution is 5.33. The van der Waals surface area contributed by atoms with Crippen LogP contribution in [0.2, 0.25) is 0 Å². The van der Waals surface area contributed by atoms with Crippen LogP contribution in [0.1, 0.15) is 99.8 Å². The molecule has 3 fully saturated rings. The highest BCUT2D eigenvalue weighted by atomic mass is 16.3. The van der Waals surface area contributed by atoms with Gasteiger partial charge in [0.25, 0.3) is 0 Å². The van der Waals surface area contributed by atoms with Crippen LogP contribution in [-0.4, -0.2) is 33.1 Å². The maximum absolute atomic E-state index is 11.6. The molecule has 0 radical (unpaired) electrons. The monoisotopic (exact) mass is 446 g/mol. The van der Waals surface area contributed by atoms with Gasteiger partial charge in [-0.1, -0.05) is 60.1 Å². The van der Waals surface area contributed by atoms with E-state index in [9.17, 15) is 15.3 Å². The molecule has 0 aromatic carbocycles. The van der Waals surface area contributed by atoms with Crippen molar-refractivity contribution in [1.82, 2.24) is 0 Å². The van der Waals surface area contributed by atoms with Gasteiger partial charge in [0, 0.05) is 11.8 Å². The van der Waals surface area contributed by atoms with Gasteiger partial charge < -0.3 is 15.3 Å². The lowest BCUT2D eigenvalue weighted by Gasteiger charge is -2.62. The minimum absolute atomic E-state index is 0.304. The van der Waals surface area contributed by atoms with E-state index in [4.69, 9.17) is 0 Å². The summed E-state index contributed by atoms with van der Waals surface area (Å²) in [6.45, 7) is 16.8. The number of allylic oxidation sites excluding steroid dienone is 1. The fourth-order valence-electron chi connectivity index (χ4n) is 9.14. The van der Waals surface area contributed by atoms with Gasteiger partial charge >= 0.3 is 0 Å². The first-order valence-corrected chi connectivity index (χ1v) is 13.6. The van der Waals surface area contributed by atoms with Gasteiger partial charge in [0.15, 0.2) is 0 Å². The van der Waals surface area contributed by atoms with Crippen LogP contribution < -0.4 is 0 Å². The summed E-state index contributed by atoms with van der Waals surface area (Å²) in [5.74, 6) is 4.60. The highest BCUT2D eigenvalue weighted by Gasteiger charge is 2.64. The van der Waals surface area contributed by atoms with Crippen LogP contribution in [0.15, 0.2) is 11.6 Å². The molecule has 3 N–H and O–H groups in total. The van der Waals surface area contributed by atoms with Crippen LogP contribution in [0.5, 0.6) is 0 Å². The molecule has 0 amide bonds. The summed E-state index contributed by atoms with van der Waals surface area (Å²) in [7, 11) is 0. The normalized spacial score (nSPS) is 49.0. The SMILES string of the molecule is CC(C)[C@@H](C)[C@@H](C)C[C@@H](C)[C@H]1CC[C@H]2C3=C[C@@H](O)[C@@]4(O)C[C@@H](O)CC[C@]4(C)[C@H]3CC[C@]12C. The van der Waals surface area contributed by atoms with Crippen molar-refractivity contribution < 1.29 is 15.3 Å². The molecular weight excluding hydrogens is 396 g/mol. The van der Waals surface area contributed by atoms with Crippen LogP contribution in [0.3, 0.4) is 0 Å². The van der Waals surface area contributed by atoms with Crippen molar-refractivity contribution in [2.45, 2.75) is 118 Å². The second-order valence-corrected chi connectivity index (χ2v) is 13.5. The van der Waals surface area contributed by atoms with Crippen LogP contribution in [-0.2, 0) is 0 Å². The smallest absolute Gasteiger partial charge is 0.102 e. The number of rotatable bonds is 5. The van der Waals surface area contributed by atoms with Crippen molar-refractivity contribution in [1.29, 1.82) is 0 Å². The highest BCUT2D eigenvalue weighted by Crippen LogP contribution is 2.67. The fraction of sp³-hybridized carbons (Fsp3) is 0.931. The van der Waals surface area contributed by atoms with E-state index < -0.39 is 17.8 Å². The predicted octanol–water partition coefficient (Wildman–Crippen LogP) is 5.97. The Labute approximate surface area is 197 Å². The molecule has 0 saturated heterocycles. The molecule has 3 nitrogen and oxygen atoms in total. The quantitative estimate of drug-likeness (QED) is 0.456. The van der Waals surface area contributed by atoms with Gasteiger partial charge in [-0.3, -0.25) is 0 Å². The predicted molar refractivity (Wildman–Crippen MR) is 131 cm³/mol. The van der Waals surface area contributed by atoms with Gasteiger partial charge in [0.1, 0.15) is 11.7 Å². The lowest BCUT2D eigenvalue weighted by atomic mass is 9.45. The van der Waals surface area contributed by atoms with Crippen molar-refractivity contribution in [2.75, 3.05) is 0 Å². The summed E-state index contributed by atoms with van der Waals surface area (Å²) in [5.41, 5.74) is 0.234. The van der Waals surface area contributed by atoms with Crippen molar-refractivity contribution in [3.05, 3.63) is 11.6 Å².